The second kappa shape index (κ2) is 11.1. The maximum absolute atomic E-state index is 12.4. The average molecular weight is 529 g/mol. The van der Waals surface area contributed by atoms with E-state index < -0.39 is 16.0 Å². The molecular formula is C21H25BrN2O5S2. The van der Waals surface area contributed by atoms with Crippen LogP contribution in [0, 0.1) is 0 Å². The van der Waals surface area contributed by atoms with Gasteiger partial charge in [-0.05, 0) is 65.2 Å². The van der Waals surface area contributed by atoms with Crippen molar-refractivity contribution in [1.82, 2.24) is 5.32 Å². The molecule has 0 unspecified atom stereocenters. The molecule has 1 aromatic carbocycles. The van der Waals surface area contributed by atoms with Gasteiger partial charge in [0.1, 0.15) is 4.21 Å². The second-order valence-corrected chi connectivity index (χ2v) is 11.8. The van der Waals surface area contributed by atoms with Crippen LogP contribution in [0.4, 0.5) is 5.69 Å². The van der Waals surface area contributed by atoms with E-state index in [9.17, 15) is 18.0 Å². The first kappa shape index (κ1) is 23.7. The number of nitrogens with one attached hydrogen (secondary N) is 2. The van der Waals surface area contributed by atoms with Crippen molar-refractivity contribution >= 4 is 54.9 Å². The fourth-order valence-corrected chi connectivity index (χ4v) is 6.47. The lowest BCUT2D eigenvalue weighted by atomic mass is 9.97. The third-order valence-corrected chi connectivity index (χ3v) is 8.49. The molecule has 1 aliphatic rings. The largest absolute Gasteiger partial charge is 0.452 e. The Bertz CT molecular complexity index is 997. The van der Waals surface area contributed by atoms with Crippen molar-refractivity contribution in [2.24, 2.45) is 0 Å². The number of benzene rings is 1. The number of anilines is 1. The summed E-state index contributed by atoms with van der Waals surface area (Å²) in [7, 11) is -3.70. The highest BCUT2D eigenvalue weighted by Crippen LogP contribution is 2.27. The molecule has 1 heterocycles. The van der Waals surface area contributed by atoms with E-state index in [2.05, 4.69) is 26.0 Å². The fourth-order valence-electron chi connectivity index (χ4n) is 3.41. The molecule has 7 nitrogen and oxygen atoms in total. The first-order valence-electron chi connectivity index (χ1n) is 10.2. The number of hydrogen-bond donors (Lipinski definition) is 2. The zero-order chi connectivity index (χ0) is 22.3. The molecule has 0 radical (unpaired) electrons. The van der Waals surface area contributed by atoms with Crippen molar-refractivity contribution in [3.05, 3.63) is 45.7 Å². The first-order valence-corrected chi connectivity index (χ1v) is 13.3. The number of amides is 1. The number of carbonyl (C=O) groups excluding carboxylic acids is 2. The van der Waals surface area contributed by atoms with E-state index in [-0.39, 0.29) is 28.3 Å². The summed E-state index contributed by atoms with van der Waals surface area (Å²) in [5, 5.41) is 2.95. The van der Waals surface area contributed by atoms with Crippen LogP contribution in [0.1, 0.15) is 55.3 Å². The Morgan fingerprint density at radius 3 is 2.26 bits per heavy atom. The topological polar surface area (TPSA) is 102 Å². The Morgan fingerprint density at radius 2 is 1.65 bits per heavy atom. The van der Waals surface area contributed by atoms with E-state index in [1.165, 1.54) is 49.6 Å². The molecule has 31 heavy (non-hydrogen) atoms. The van der Waals surface area contributed by atoms with Crippen LogP contribution in [0.3, 0.4) is 0 Å². The Labute approximate surface area is 194 Å². The van der Waals surface area contributed by atoms with Crippen molar-refractivity contribution < 1.29 is 22.7 Å². The van der Waals surface area contributed by atoms with Crippen LogP contribution in [-0.2, 0) is 19.6 Å². The molecule has 0 bridgehead atoms. The third-order valence-electron chi connectivity index (χ3n) is 4.99. The van der Waals surface area contributed by atoms with Gasteiger partial charge in [0.15, 0.2) is 6.61 Å². The molecule has 2 aromatic rings. The summed E-state index contributed by atoms with van der Waals surface area (Å²) in [6.07, 6.45) is 7.76. The van der Waals surface area contributed by atoms with E-state index in [0.29, 0.717) is 9.47 Å². The Hall–Kier alpha value is -1.91. The van der Waals surface area contributed by atoms with E-state index in [4.69, 9.17) is 4.74 Å². The molecule has 1 fully saturated rings. The molecule has 3 rings (SSSR count). The first-order chi connectivity index (χ1) is 14.8. The molecule has 10 heteroatoms. The highest BCUT2D eigenvalue weighted by Gasteiger charge is 2.18. The summed E-state index contributed by atoms with van der Waals surface area (Å²) in [5.74, 6) is -0.935. The van der Waals surface area contributed by atoms with Crippen LogP contribution in [-0.4, -0.2) is 32.9 Å². The summed E-state index contributed by atoms with van der Waals surface area (Å²) >= 11 is 4.34. The number of thiophene rings is 1. The maximum Gasteiger partial charge on any atom is 0.338 e. The van der Waals surface area contributed by atoms with Crippen LogP contribution in [0.2, 0.25) is 0 Å². The average Bonchev–Trinajstić information content (AvgIpc) is 3.16. The Morgan fingerprint density at radius 1 is 1.00 bits per heavy atom. The zero-order valence-electron chi connectivity index (χ0n) is 16.9. The van der Waals surface area contributed by atoms with Crippen LogP contribution in [0.5, 0.6) is 0 Å². The minimum Gasteiger partial charge on any atom is -0.452 e. The lowest BCUT2D eigenvalue weighted by Crippen LogP contribution is -2.38. The Balaban J connectivity index is 1.49. The zero-order valence-corrected chi connectivity index (χ0v) is 20.2. The van der Waals surface area contributed by atoms with Crippen molar-refractivity contribution in [2.45, 2.75) is 55.2 Å². The number of hydrogen-bond acceptors (Lipinski definition) is 6. The van der Waals surface area contributed by atoms with Crippen molar-refractivity contribution in [3.63, 3.8) is 0 Å². The van der Waals surface area contributed by atoms with Gasteiger partial charge in [0.2, 0.25) is 0 Å². The number of sulfonamides is 1. The van der Waals surface area contributed by atoms with Gasteiger partial charge in [-0.15, -0.1) is 11.3 Å². The van der Waals surface area contributed by atoms with Gasteiger partial charge < -0.3 is 10.1 Å². The summed E-state index contributed by atoms with van der Waals surface area (Å²) in [5.41, 5.74) is 0.559. The molecular weight excluding hydrogens is 504 g/mol. The van der Waals surface area contributed by atoms with Gasteiger partial charge in [-0.2, -0.15) is 0 Å². The van der Waals surface area contributed by atoms with Gasteiger partial charge in [0.25, 0.3) is 15.9 Å². The summed E-state index contributed by atoms with van der Waals surface area (Å²) < 4.78 is 33.2. The number of ether oxygens (including phenoxy) is 1. The lowest BCUT2D eigenvalue weighted by Gasteiger charge is -2.20. The summed E-state index contributed by atoms with van der Waals surface area (Å²) in [6, 6.07) is 9.17. The summed E-state index contributed by atoms with van der Waals surface area (Å²) in [6.45, 7) is -0.336. The van der Waals surface area contributed by atoms with Gasteiger partial charge in [-0.1, -0.05) is 32.1 Å². The van der Waals surface area contributed by atoms with Crippen LogP contribution in [0.15, 0.2) is 44.4 Å². The minimum absolute atomic E-state index is 0.141. The standard InChI is InChI=1S/C21H25BrN2O5S2/c22-18-12-13-20(30-18)31(27,28)24-17-10-8-15(9-11-17)21(26)29-14-19(25)23-16-6-4-2-1-3-5-7-16/h8-13,16,24H,1-7,14H2,(H,23,25). The predicted octanol–water partition coefficient (Wildman–Crippen LogP) is 4.70. The number of halogens is 1. The summed E-state index contributed by atoms with van der Waals surface area (Å²) in [4.78, 5) is 24.3. The van der Waals surface area contributed by atoms with Crippen LogP contribution in [0.25, 0.3) is 0 Å². The van der Waals surface area contributed by atoms with Crippen LogP contribution >= 0.6 is 27.3 Å². The molecule has 1 amide bonds. The number of carbonyl (C=O) groups is 2. The van der Waals surface area contributed by atoms with E-state index >= 15 is 0 Å². The monoisotopic (exact) mass is 528 g/mol. The van der Waals surface area contributed by atoms with Gasteiger partial charge in [0.05, 0.1) is 9.35 Å². The van der Waals surface area contributed by atoms with Gasteiger partial charge >= 0.3 is 5.97 Å². The van der Waals surface area contributed by atoms with Gasteiger partial charge in [-0.3, -0.25) is 9.52 Å². The van der Waals surface area contributed by atoms with E-state index in [1.54, 1.807) is 6.07 Å². The molecule has 0 aliphatic heterocycles. The van der Waals surface area contributed by atoms with Crippen LogP contribution < -0.4 is 10.0 Å². The van der Waals surface area contributed by atoms with Crippen molar-refractivity contribution in [2.75, 3.05) is 11.3 Å². The SMILES string of the molecule is O=C(COC(=O)c1ccc(NS(=O)(=O)c2ccc(Br)s2)cc1)NC1CCCCCCC1. The van der Waals surface area contributed by atoms with Crippen molar-refractivity contribution in [1.29, 1.82) is 0 Å². The number of rotatable bonds is 7. The molecule has 1 aromatic heterocycles. The maximum atomic E-state index is 12.4. The van der Waals surface area contributed by atoms with Crippen molar-refractivity contribution in [3.8, 4) is 0 Å². The third kappa shape index (κ3) is 7.33. The molecule has 0 spiro atoms. The normalized spacial score (nSPS) is 15.5. The second-order valence-electron chi connectivity index (χ2n) is 7.43. The molecule has 0 saturated heterocycles. The van der Waals surface area contributed by atoms with Gasteiger partial charge in [-0.25, -0.2) is 13.2 Å². The highest BCUT2D eigenvalue weighted by atomic mass is 79.9. The molecule has 1 aliphatic carbocycles. The Kier molecular flexibility index (Phi) is 8.50. The lowest BCUT2D eigenvalue weighted by molar-refractivity contribution is -0.125. The molecule has 0 atom stereocenters. The van der Waals surface area contributed by atoms with E-state index in [0.717, 1.165) is 37.0 Å². The molecule has 1 saturated carbocycles. The molecule has 168 valence electrons. The molecule has 2 N–H and O–H groups in total. The minimum atomic E-state index is -3.70. The smallest absolute Gasteiger partial charge is 0.338 e. The van der Waals surface area contributed by atoms with Gasteiger partial charge in [0, 0.05) is 11.7 Å². The predicted molar refractivity (Wildman–Crippen MR) is 124 cm³/mol. The fraction of sp³-hybridized carbons (Fsp3) is 0.429. The highest BCUT2D eigenvalue weighted by molar-refractivity contribution is 9.11. The van der Waals surface area contributed by atoms with E-state index in [1.807, 2.05) is 0 Å². The number of esters is 1. The quantitative estimate of drug-likeness (QED) is 0.507.